The molecular weight excluding hydrogens is 174 g/mol. The first-order valence-electron chi connectivity index (χ1n) is 5.13. The zero-order chi connectivity index (χ0) is 10.6. The first-order chi connectivity index (χ1) is 6.81. The van der Waals surface area contributed by atoms with E-state index in [4.69, 9.17) is 0 Å². The summed E-state index contributed by atoms with van der Waals surface area (Å²) in [4.78, 5) is 2.30. The number of nitrogens with one attached hydrogen (secondary N) is 2. The van der Waals surface area contributed by atoms with Crippen LogP contribution in [0.1, 0.15) is 0 Å². The van der Waals surface area contributed by atoms with Gasteiger partial charge in [0.05, 0.1) is 0 Å². The molecule has 0 aliphatic rings. The van der Waals surface area contributed by atoms with Crippen molar-refractivity contribution in [1.29, 1.82) is 0 Å². The van der Waals surface area contributed by atoms with Crippen molar-refractivity contribution in [2.45, 2.75) is 0 Å². The van der Waals surface area contributed by atoms with Crippen LogP contribution < -0.4 is 10.6 Å². The first-order valence-corrected chi connectivity index (χ1v) is 5.13. The molecular formula is C11H23N3. The van der Waals surface area contributed by atoms with Crippen molar-refractivity contribution in [2.75, 3.05) is 46.3 Å². The van der Waals surface area contributed by atoms with Gasteiger partial charge in [0.15, 0.2) is 0 Å². The predicted octanol–water partition coefficient (Wildman–Crippen LogP) is 0.469. The van der Waals surface area contributed by atoms with Gasteiger partial charge >= 0.3 is 0 Å². The molecule has 2 N–H and O–H groups in total. The Morgan fingerprint density at radius 3 is 1.79 bits per heavy atom. The van der Waals surface area contributed by atoms with Gasteiger partial charge in [0.25, 0.3) is 0 Å². The molecule has 0 aromatic carbocycles. The van der Waals surface area contributed by atoms with Crippen LogP contribution in [0.25, 0.3) is 0 Å². The van der Waals surface area contributed by atoms with Gasteiger partial charge in [-0.05, 0) is 7.05 Å². The molecule has 14 heavy (non-hydrogen) atoms. The molecule has 82 valence electrons. The third kappa shape index (κ3) is 9.45. The van der Waals surface area contributed by atoms with Crippen molar-refractivity contribution in [1.82, 2.24) is 15.5 Å². The Bertz CT molecular complexity index is 129. The molecule has 0 heterocycles. The Labute approximate surface area is 87.9 Å². The monoisotopic (exact) mass is 197 g/mol. The summed E-state index contributed by atoms with van der Waals surface area (Å²) in [7, 11) is 2.13. The molecule has 0 bridgehead atoms. The van der Waals surface area contributed by atoms with E-state index in [2.05, 4.69) is 35.7 Å². The molecule has 0 atom stereocenters. The van der Waals surface area contributed by atoms with E-state index in [1.54, 1.807) is 0 Å². The minimum atomic E-state index is 0.891. The molecule has 3 nitrogen and oxygen atoms in total. The molecule has 0 aliphatic carbocycles. The average Bonchev–Trinajstić information content (AvgIpc) is 2.19. The van der Waals surface area contributed by atoms with Crippen molar-refractivity contribution >= 4 is 0 Å². The molecule has 0 saturated carbocycles. The lowest BCUT2D eigenvalue weighted by Crippen LogP contribution is -2.34. The van der Waals surface area contributed by atoms with Crippen LogP contribution in [0.5, 0.6) is 0 Å². The summed E-state index contributed by atoms with van der Waals surface area (Å²) < 4.78 is 0. The van der Waals surface area contributed by atoms with Crippen molar-refractivity contribution in [3.8, 4) is 0 Å². The van der Waals surface area contributed by atoms with E-state index < -0.39 is 0 Å². The highest BCUT2D eigenvalue weighted by Crippen LogP contribution is 1.78. The van der Waals surface area contributed by atoms with Gasteiger partial charge in [-0.2, -0.15) is 0 Å². The van der Waals surface area contributed by atoms with E-state index >= 15 is 0 Å². The molecule has 0 saturated heterocycles. The highest BCUT2D eigenvalue weighted by molar-refractivity contribution is 4.71. The SMILES string of the molecule is C=CCNCCN(C)CCNCC=C. The fourth-order valence-corrected chi connectivity index (χ4v) is 1.06. The molecule has 3 heteroatoms. The normalized spacial score (nSPS) is 10.4. The summed E-state index contributed by atoms with van der Waals surface area (Å²) in [6, 6.07) is 0. The summed E-state index contributed by atoms with van der Waals surface area (Å²) in [5, 5.41) is 6.54. The first kappa shape index (κ1) is 13.4. The fraction of sp³-hybridized carbons (Fsp3) is 0.636. The highest BCUT2D eigenvalue weighted by atomic mass is 15.1. The van der Waals surface area contributed by atoms with Gasteiger partial charge in [-0.1, -0.05) is 12.2 Å². The van der Waals surface area contributed by atoms with Crippen molar-refractivity contribution in [2.24, 2.45) is 0 Å². The summed E-state index contributed by atoms with van der Waals surface area (Å²) in [5.74, 6) is 0. The Kier molecular flexibility index (Phi) is 9.96. The van der Waals surface area contributed by atoms with Crippen LogP contribution in [-0.4, -0.2) is 51.2 Å². The number of rotatable bonds is 10. The minimum absolute atomic E-state index is 0.891. The van der Waals surface area contributed by atoms with E-state index in [1.807, 2.05) is 12.2 Å². The fourth-order valence-electron chi connectivity index (χ4n) is 1.06. The van der Waals surface area contributed by atoms with Gasteiger partial charge < -0.3 is 15.5 Å². The van der Waals surface area contributed by atoms with Gasteiger partial charge in [0.1, 0.15) is 0 Å². The molecule has 0 amide bonds. The third-order valence-electron chi connectivity index (χ3n) is 1.92. The average molecular weight is 197 g/mol. The standard InChI is InChI=1S/C11H23N3/c1-4-6-12-8-10-14(3)11-9-13-7-5-2/h4-5,12-13H,1-2,6-11H2,3H3. The van der Waals surface area contributed by atoms with Crippen LogP contribution >= 0.6 is 0 Å². The maximum Gasteiger partial charge on any atom is 0.0132 e. The lowest BCUT2D eigenvalue weighted by molar-refractivity contribution is 0.333. The maximum atomic E-state index is 3.65. The van der Waals surface area contributed by atoms with Gasteiger partial charge in [0.2, 0.25) is 0 Å². The molecule has 0 unspecified atom stereocenters. The maximum absolute atomic E-state index is 3.65. The van der Waals surface area contributed by atoms with Gasteiger partial charge in [-0.15, -0.1) is 13.2 Å². The van der Waals surface area contributed by atoms with Crippen LogP contribution in [0.15, 0.2) is 25.3 Å². The number of hydrogen-bond acceptors (Lipinski definition) is 3. The van der Waals surface area contributed by atoms with Crippen LogP contribution in [0, 0.1) is 0 Å². The number of nitrogens with zero attached hydrogens (tertiary/aromatic N) is 1. The molecule has 0 rings (SSSR count). The van der Waals surface area contributed by atoms with Crippen LogP contribution in [0.4, 0.5) is 0 Å². The van der Waals surface area contributed by atoms with E-state index in [1.165, 1.54) is 0 Å². The lowest BCUT2D eigenvalue weighted by atomic mass is 10.4. The molecule has 0 aromatic heterocycles. The smallest absolute Gasteiger partial charge is 0.0132 e. The summed E-state index contributed by atoms with van der Waals surface area (Å²) in [6.07, 6.45) is 3.76. The predicted molar refractivity (Wildman–Crippen MR) is 63.6 cm³/mol. The van der Waals surface area contributed by atoms with E-state index in [0.29, 0.717) is 0 Å². The zero-order valence-electron chi connectivity index (χ0n) is 9.26. The van der Waals surface area contributed by atoms with Gasteiger partial charge in [-0.25, -0.2) is 0 Å². The Balaban J connectivity index is 3.14. The number of likely N-dealkylation sites (N-methyl/N-ethyl adjacent to an activating group) is 1. The quantitative estimate of drug-likeness (QED) is 0.394. The van der Waals surface area contributed by atoms with Crippen LogP contribution in [-0.2, 0) is 0 Å². The highest BCUT2D eigenvalue weighted by Gasteiger charge is 1.95. The Morgan fingerprint density at radius 1 is 1.00 bits per heavy atom. The van der Waals surface area contributed by atoms with Crippen LogP contribution in [0.3, 0.4) is 0 Å². The van der Waals surface area contributed by atoms with Gasteiger partial charge in [0, 0.05) is 39.3 Å². The molecule has 0 spiro atoms. The largest absolute Gasteiger partial charge is 0.312 e. The second-order valence-electron chi connectivity index (χ2n) is 3.29. The van der Waals surface area contributed by atoms with E-state index in [0.717, 1.165) is 39.3 Å². The molecule has 0 fully saturated rings. The number of hydrogen-bond donors (Lipinski definition) is 2. The summed E-state index contributed by atoms with van der Waals surface area (Å²) in [6.45, 7) is 13.3. The molecule has 0 aromatic rings. The summed E-state index contributed by atoms with van der Waals surface area (Å²) >= 11 is 0. The van der Waals surface area contributed by atoms with Crippen molar-refractivity contribution < 1.29 is 0 Å². The second-order valence-corrected chi connectivity index (χ2v) is 3.29. The second kappa shape index (κ2) is 10.4. The summed E-state index contributed by atoms with van der Waals surface area (Å²) in [5.41, 5.74) is 0. The minimum Gasteiger partial charge on any atom is -0.312 e. The zero-order valence-corrected chi connectivity index (χ0v) is 9.26. The molecule has 0 radical (unpaired) electrons. The topological polar surface area (TPSA) is 27.3 Å². The van der Waals surface area contributed by atoms with Gasteiger partial charge in [-0.3, -0.25) is 0 Å². The van der Waals surface area contributed by atoms with E-state index in [-0.39, 0.29) is 0 Å². The lowest BCUT2D eigenvalue weighted by Gasteiger charge is -2.16. The van der Waals surface area contributed by atoms with E-state index in [9.17, 15) is 0 Å². The van der Waals surface area contributed by atoms with Crippen molar-refractivity contribution in [3.63, 3.8) is 0 Å². The van der Waals surface area contributed by atoms with Crippen LogP contribution in [0.2, 0.25) is 0 Å². The Hall–Kier alpha value is -0.640. The third-order valence-corrected chi connectivity index (χ3v) is 1.92. The van der Waals surface area contributed by atoms with Crippen molar-refractivity contribution in [3.05, 3.63) is 25.3 Å². The Morgan fingerprint density at radius 2 is 1.43 bits per heavy atom. The molecule has 0 aliphatic heterocycles.